The van der Waals surface area contributed by atoms with Crippen LogP contribution in [-0.4, -0.2) is 15.8 Å². The van der Waals surface area contributed by atoms with E-state index >= 15 is 0 Å². The van der Waals surface area contributed by atoms with Crippen molar-refractivity contribution in [2.24, 2.45) is 0 Å². The Hall–Kier alpha value is -2.23. The highest BCUT2D eigenvalue weighted by Crippen LogP contribution is 2.18. The number of nitrogens with one attached hydrogen (secondary N) is 1. The number of nitrogens with zero attached hydrogens (tertiary/aromatic N) is 2. The number of anilines is 1. The van der Waals surface area contributed by atoms with E-state index in [9.17, 15) is 4.79 Å². The van der Waals surface area contributed by atoms with Crippen molar-refractivity contribution >= 4 is 11.7 Å². The normalized spacial score (nSPS) is 11.9. The van der Waals surface area contributed by atoms with Gasteiger partial charge in [-0.1, -0.05) is 30.3 Å². The predicted molar refractivity (Wildman–Crippen MR) is 70.3 cm³/mol. The lowest BCUT2D eigenvalue weighted by Gasteiger charge is -2.16. The number of carbonyl (C=O) groups is 1. The summed E-state index contributed by atoms with van der Waals surface area (Å²) >= 11 is 0. The number of carbonyl (C=O) groups excluding carboxylic acids is 1. The highest BCUT2D eigenvalue weighted by atomic mass is 16.1. The molecule has 0 saturated carbocycles. The van der Waals surface area contributed by atoms with Gasteiger partial charge in [0, 0.05) is 11.9 Å². The Morgan fingerprint density at radius 3 is 2.56 bits per heavy atom. The van der Waals surface area contributed by atoms with E-state index in [0.717, 1.165) is 11.3 Å². The van der Waals surface area contributed by atoms with Crippen LogP contribution in [0.1, 0.15) is 24.2 Å². The molecule has 0 bridgehead atoms. The zero-order valence-corrected chi connectivity index (χ0v) is 10.4. The first-order valence-electron chi connectivity index (χ1n) is 5.78. The Balaban J connectivity index is 2.25. The highest BCUT2D eigenvalue weighted by Gasteiger charge is 2.17. The van der Waals surface area contributed by atoms with E-state index < -0.39 is 6.04 Å². The number of aryl methyl sites for hydroxylation is 1. The SMILES string of the molecule is CC(=O)C(Nc1nccc(C)n1)c1ccccc1. The van der Waals surface area contributed by atoms with Crippen LogP contribution in [0.2, 0.25) is 0 Å². The third-order valence-electron chi connectivity index (χ3n) is 2.61. The first-order chi connectivity index (χ1) is 8.66. The molecule has 4 heteroatoms. The number of ketones is 1. The molecule has 1 N–H and O–H groups in total. The molecule has 0 aliphatic heterocycles. The number of benzene rings is 1. The molecular formula is C14H15N3O. The van der Waals surface area contributed by atoms with Gasteiger partial charge in [0.05, 0.1) is 0 Å². The molecule has 1 atom stereocenters. The lowest BCUT2D eigenvalue weighted by molar-refractivity contribution is -0.117. The van der Waals surface area contributed by atoms with Gasteiger partial charge in [-0.25, -0.2) is 9.97 Å². The Morgan fingerprint density at radius 1 is 1.22 bits per heavy atom. The second-order valence-electron chi connectivity index (χ2n) is 4.12. The maximum Gasteiger partial charge on any atom is 0.223 e. The molecule has 2 aromatic rings. The molecular weight excluding hydrogens is 226 g/mol. The molecule has 0 aliphatic carbocycles. The number of hydrogen-bond acceptors (Lipinski definition) is 4. The minimum Gasteiger partial charge on any atom is -0.340 e. The van der Waals surface area contributed by atoms with E-state index in [0.29, 0.717) is 5.95 Å². The molecule has 0 spiro atoms. The third-order valence-corrected chi connectivity index (χ3v) is 2.61. The van der Waals surface area contributed by atoms with Crippen LogP contribution in [0.5, 0.6) is 0 Å². The zero-order chi connectivity index (χ0) is 13.0. The molecule has 1 aromatic carbocycles. The summed E-state index contributed by atoms with van der Waals surface area (Å²) in [5, 5.41) is 3.06. The van der Waals surface area contributed by atoms with E-state index in [1.807, 2.05) is 43.3 Å². The molecule has 0 amide bonds. The second-order valence-corrected chi connectivity index (χ2v) is 4.12. The maximum atomic E-state index is 11.7. The van der Waals surface area contributed by atoms with E-state index in [2.05, 4.69) is 15.3 Å². The molecule has 92 valence electrons. The molecule has 18 heavy (non-hydrogen) atoms. The van der Waals surface area contributed by atoms with Gasteiger partial charge in [0.1, 0.15) is 6.04 Å². The highest BCUT2D eigenvalue weighted by molar-refractivity contribution is 5.85. The molecule has 0 saturated heterocycles. The largest absolute Gasteiger partial charge is 0.340 e. The van der Waals surface area contributed by atoms with Gasteiger partial charge in [-0.2, -0.15) is 0 Å². The van der Waals surface area contributed by atoms with Crippen molar-refractivity contribution in [2.75, 3.05) is 5.32 Å². The molecule has 1 aromatic heterocycles. The van der Waals surface area contributed by atoms with E-state index in [1.54, 1.807) is 13.1 Å². The van der Waals surface area contributed by atoms with Gasteiger partial charge in [0.25, 0.3) is 0 Å². The van der Waals surface area contributed by atoms with Gasteiger partial charge in [0.2, 0.25) is 5.95 Å². The van der Waals surface area contributed by atoms with Gasteiger partial charge in [-0.15, -0.1) is 0 Å². The summed E-state index contributed by atoms with van der Waals surface area (Å²) in [7, 11) is 0. The fourth-order valence-electron chi connectivity index (χ4n) is 1.71. The van der Waals surface area contributed by atoms with Crippen LogP contribution in [0, 0.1) is 6.92 Å². The van der Waals surface area contributed by atoms with Crippen molar-refractivity contribution in [1.29, 1.82) is 0 Å². The van der Waals surface area contributed by atoms with Crippen LogP contribution in [-0.2, 0) is 4.79 Å². The van der Waals surface area contributed by atoms with Gasteiger partial charge >= 0.3 is 0 Å². The fourth-order valence-corrected chi connectivity index (χ4v) is 1.71. The standard InChI is InChI=1S/C14H15N3O/c1-10-8-9-15-14(16-10)17-13(11(2)18)12-6-4-3-5-7-12/h3-9,13H,1-2H3,(H,15,16,17). The molecule has 1 unspecified atom stereocenters. The van der Waals surface area contributed by atoms with Gasteiger partial charge in [-0.3, -0.25) is 4.79 Å². The van der Waals surface area contributed by atoms with E-state index in [4.69, 9.17) is 0 Å². The summed E-state index contributed by atoms with van der Waals surface area (Å²) in [6.07, 6.45) is 1.67. The Bertz CT molecular complexity index is 540. The molecule has 0 aliphatic rings. The zero-order valence-electron chi connectivity index (χ0n) is 10.4. The third kappa shape index (κ3) is 2.91. The summed E-state index contributed by atoms with van der Waals surface area (Å²) < 4.78 is 0. The first kappa shape index (κ1) is 12.2. The number of hydrogen-bond donors (Lipinski definition) is 1. The van der Waals surface area contributed by atoms with E-state index in [-0.39, 0.29) is 5.78 Å². The summed E-state index contributed by atoms with van der Waals surface area (Å²) in [4.78, 5) is 20.1. The number of rotatable bonds is 4. The van der Waals surface area contributed by atoms with Crippen LogP contribution in [0.25, 0.3) is 0 Å². The smallest absolute Gasteiger partial charge is 0.223 e. The van der Waals surface area contributed by atoms with Gasteiger partial charge in [0.15, 0.2) is 5.78 Å². The number of aromatic nitrogens is 2. The Labute approximate surface area is 106 Å². The average Bonchev–Trinajstić information content (AvgIpc) is 2.37. The van der Waals surface area contributed by atoms with E-state index in [1.165, 1.54) is 0 Å². The minimum absolute atomic E-state index is 0.0336. The summed E-state index contributed by atoms with van der Waals surface area (Å²) in [5.74, 6) is 0.505. The van der Waals surface area contributed by atoms with Crippen molar-refractivity contribution in [2.45, 2.75) is 19.9 Å². The lowest BCUT2D eigenvalue weighted by atomic mass is 10.0. The van der Waals surface area contributed by atoms with Crippen LogP contribution in [0.3, 0.4) is 0 Å². The van der Waals surface area contributed by atoms with Crippen molar-refractivity contribution < 1.29 is 4.79 Å². The molecule has 1 heterocycles. The average molecular weight is 241 g/mol. The Kier molecular flexibility index (Phi) is 3.67. The maximum absolute atomic E-state index is 11.7. The summed E-state index contributed by atoms with van der Waals surface area (Å²) in [6, 6.07) is 11.0. The van der Waals surface area contributed by atoms with Crippen LogP contribution < -0.4 is 5.32 Å². The van der Waals surface area contributed by atoms with Gasteiger partial charge in [-0.05, 0) is 25.5 Å². The number of Topliss-reactive ketones (excluding diaryl/α,β-unsaturated/α-hetero) is 1. The predicted octanol–water partition coefficient (Wildman–Crippen LogP) is 2.53. The van der Waals surface area contributed by atoms with Crippen molar-refractivity contribution in [3.8, 4) is 0 Å². The lowest BCUT2D eigenvalue weighted by Crippen LogP contribution is -2.19. The van der Waals surface area contributed by atoms with Crippen molar-refractivity contribution in [3.63, 3.8) is 0 Å². The molecule has 2 rings (SSSR count). The van der Waals surface area contributed by atoms with Crippen LogP contribution >= 0.6 is 0 Å². The monoisotopic (exact) mass is 241 g/mol. The summed E-state index contributed by atoms with van der Waals surface area (Å²) in [6.45, 7) is 3.44. The first-order valence-corrected chi connectivity index (χ1v) is 5.78. The van der Waals surface area contributed by atoms with Gasteiger partial charge < -0.3 is 5.32 Å². The van der Waals surface area contributed by atoms with Crippen molar-refractivity contribution in [3.05, 3.63) is 53.9 Å². The van der Waals surface area contributed by atoms with Crippen LogP contribution in [0.4, 0.5) is 5.95 Å². The quantitative estimate of drug-likeness (QED) is 0.893. The molecule has 4 nitrogen and oxygen atoms in total. The topological polar surface area (TPSA) is 54.9 Å². The second kappa shape index (κ2) is 5.40. The molecule has 0 radical (unpaired) electrons. The van der Waals surface area contributed by atoms with Crippen molar-refractivity contribution in [1.82, 2.24) is 9.97 Å². The van der Waals surface area contributed by atoms with Crippen LogP contribution in [0.15, 0.2) is 42.6 Å². The molecule has 0 fully saturated rings. The minimum atomic E-state index is -0.409. The summed E-state index contributed by atoms with van der Waals surface area (Å²) in [5.41, 5.74) is 1.78. The Morgan fingerprint density at radius 2 is 1.94 bits per heavy atom. The fraction of sp³-hybridized carbons (Fsp3) is 0.214.